The van der Waals surface area contributed by atoms with Crippen LogP contribution in [0.3, 0.4) is 0 Å². The highest BCUT2D eigenvalue weighted by atomic mass is 32.1. The first kappa shape index (κ1) is 29.1. The molecule has 3 aromatic heterocycles. The molecule has 1 unspecified atom stereocenters. The molecule has 2 aliphatic carbocycles. The summed E-state index contributed by atoms with van der Waals surface area (Å²) >= 11 is 1.90. The molecule has 0 radical (unpaired) electrons. The van der Waals surface area contributed by atoms with E-state index in [1.165, 1.54) is 86.7 Å². The van der Waals surface area contributed by atoms with Gasteiger partial charge in [0, 0.05) is 49.0 Å². The molecule has 7 aromatic carbocycles. The second-order valence-corrected chi connectivity index (χ2v) is 15.4. The average Bonchev–Trinajstić information content (AvgIpc) is 3.81. The van der Waals surface area contributed by atoms with Gasteiger partial charge in [-0.3, -0.25) is 4.98 Å². The monoisotopic (exact) mass is 690 g/mol. The number of hydrogen-bond donors (Lipinski definition) is 0. The minimum absolute atomic E-state index is 0.508. The summed E-state index contributed by atoms with van der Waals surface area (Å²) in [5.41, 5.74) is 15.9. The molecular weight excluding hydrogens is 661 g/mol. The van der Waals surface area contributed by atoms with Gasteiger partial charge in [0.2, 0.25) is 0 Å². The molecule has 0 N–H and O–H groups in total. The molecule has 0 aliphatic heterocycles. The molecule has 0 amide bonds. The highest BCUT2D eigenvalue weighted by Gasteiger charge is 2.48. The van der Waals surface area contributed by atoms with Crippen molar-refractivity contribution in [1.29, 1.82) is 0 Å². The van der Waals surface area contributed by atoms with Gasteiger partial charge in [-0.2, -0.15) is 0 Å². The zero-order valence-corrected chi connectivity index (χ0v) is 29.4. The van der Waals surface area contributed by atoms with E-state index in [4.69, 9.17) is 0 Å². The maximum atomic E-state index is 4.57. The largest absolute Gasteiger partial charge is 0.309 e. The van der Waals surface area contributed by atoms with Crippen LogP contribution in [-0.2, 0) is 5.41 Å². The molecule has 1 spiro atoms. The summed E-state index contributed by atoms with van der Waals surface area (Å²) in [7, 11) is 0. The minimum Gasteiger partial charge on any atom is -0.309 e. The van der Waals surface area contributed by atoms with Crippen LogP contribution in [0.5, 0.6) is 0 Å². The van der Waals surface area contributed by atoms with Gasteiger partial charge < -0.3 is 4.57 Å². The lowest BCUT2D eigenvalue weighted by molar-refractivity contribution is 0.768. The molecule has 246 valence electrons. The Morgan fingerprint density at radius 2 is 1.19 bits per heavy atom. The van der Waals surface area contributed by atoms with Gasteiger partial charge in [-0.05, 0) is 110 Å². The Morgan fingerprint density at radius 1 is 0.453 bits per heavy atom. The normalized spacial score (nSPS) is 15.5. The zero-order chi connectivity index (χ0) is 34.7. The van der Waals surface area contributed by atoms with Gasteiger partial charge >= 0.3 is 0 Å². The third kappa shape index (κ3) is 3.89. The summed E-state index contributed by atoms with van der Waals surface area (Å²) in [4.78, 5) is 4.57. The van der Waals surface area contributed by atoms with Crippen molar-refractivity contribution in [2.75, 3.05) is 0 Å². The van der Waals surface area contributed by atoms with Crippen molar-refractivity contribution in [1.82, 2.24) is 9.55 Å². The second kappa shape index (κ2) is 10.7. The highest BCUT2D eigenvalue weighted by molar-refractivity contribution is 7.25. The highest BCUT2D eigenvalue weighted by Crippen LogP contribution is 2.60. The SMILES string of the molecule is C1=Cc2ccc(-c3ccc4c(c3)c3cnccc3n4-c3ccccc3)cc2C2(c3ccccc31)c1ccccc1-c1cc3sc4ccccc4c3cc12. The number of pyridine rings is 1. The van der Waals surface area contributed by atoms with Crippen LogP contribution in [0.2, 0.25) is 0 Å². The first-order chi connectivity index (χ1) is 26.3. The number of nitrogens with zero attached hydrogens (tertiary/aromatic N) is 2. The minimum atomic E-state index is -0.508. The zero-order valence-electron chi connectivity index (χ0n) is 28.6. The lowest BCUT2D eigenvalue weighted by Crippen LogP contribution is -2.30. The Kier molecular flexibility index (Phi) is 5.89. The Labute approximate surface area is 310 Å². The fourth-order valence-electron chi connectivity index (χ4n) is 9.49. The molecular formula is C50H30N2S. The molecule has 2 nitrogen and oxygen atoms in total. The van der Waals surface area contributed by atoms with E-state index in [-0.39, 0.29) is 0 Å². The van der Waals surface area contributed by atoms with Crippen molar-refractivity contribution in [3.8, 4) is 27.9 Å². The fourth-order valence-corrected chi connectivity index (χ4v) is 10.6. The summed E-state index contributed by atoms with van der Waals surface area (Å²) in [6.07, 6.45) is 8.55. The average molecular weight is 691 g/mol. The van der Waals surface area contributed by atoms with Gasteiger partial charge in [-0.1, -0.05) is 115 Å². The van der Waals surface area contributed by atoms with Crippen LogP contribution in [0.15, 0.2) is 170 Å². The van der Waals surface area contributed by atoms with Gasteiger partial charge in [0.15, 0.2) is 0 Å². The molecule has 0 fully saturated rings. The molecule has 3 heterocycles. The molecule has 1 atom stereocenters. The Balaban J connectivity index is 1.16. The van der Waals surface area contributed by atoms with Crippen molar-refractivity contribution >= 4 is 65.5 Å². The van der Waals surface area contributed by atoms with Crippen molar-refractivity contribution in [2.24, 2.45) is 0 Å². The number of para-hydroxylation sites is 1. The van der Waals surface area contributed by atoms with Crippen LogP contribution in [0.25, 0.3) is 82.1 Å². The molecule has 2 aliphatic rings. The molecule has 0 saturated carbocycles. The van der Waals surface area contributed by atoms with E-state index in [0.29, 0.717) is 0 Å². The number of hydrogen-bond acceptors (Lipinski definition) is 2. The fraction of sp³-hybridized carbons (Fsp3) is 0.0200. The van der Waals surface area contributed by atoms with Crippen molar-refractivity contribution < 1.29 is 0 Å². The van der Waals surface area contributed by atoms with E-state index in [0.717, 1.165) is 16.6 Å². The van der Waals surface area contributed by atoms with E-state index < -0.39 is 5.41 Å². The predicted octanol–water partition coefficient (Wildman–Crippen LogP) is 13.1. The number of benzene rings is 7. The van der Waals surface area contributed by atoms with Crippen LogP contribution in [0, 0.1) is 0 Å². The van der Waals surface area contributed by atoms with Crippen LogP contribution in [0.1, 0.15) is 33.4 Å². The van der Waals surface area contributed by atoms with E-state index in [1.54, 1.807) is 0 Å². The third-order valence-electron chi connectivity index (χ3n) is 11.7. The predicted molar refractivity (Wildman–Crippen MR) is 223 cm³/mol. The number of aromatic nitrogens is 2. The van der Waals surface area contributed by atoms with Crippen LogP contribution in [-0.4, -0.2) is 9.55 Å². The number of rotatable bonds is 2. The smallest absolute Gasteiger partial charge is 0.0725 e. The Hall–Kier alpha value is -6.55. The molecule has 10 aromatic rings. The third-order valence-corrected chi connectivity index (χ3v) is 12.9. The topological polar surface area (TPSA) is 17.8 Å². The van der Waals surface area contributed by atoms with E-state index >= 15 is 0 Å². The van der Waals surface area contributed by atoms with Crippen LogP contribution < -0.4 is 0 Å². The number of thiophene rings is 1. The van der Waals surface area contributed by atoms with Crippen molar-refractivity contribution in [3.63, 3.8) is 0 Å². The standard InChI is InChI=1S/C50H30N2S/c1-2-11-35(12-3-1)52-46-23-22-33(26-39(46)41-30-51-25-24-47(41)52)34-21-20-32-19-18-31-10-4-7-15-42(31)50(44(32)27-34)43-16-8-5-13-36(43)38-29-49-40(28-45(38)50)37-14-6-9-17-48(37)53-49/h1-30H. The summed E-state index contributed by atoms with van der Waals surface area (Å²) in [6, 6.07) is 58.8. The van der Waals surface area contributed by atoms with E-state index in [9.17, 15) is 0 Å². The first-order valence-electron chi connectivity index (χ1n) is 18.2. The summed E-state index contributed by atoms with van der Waals surface area (Å²) < 4.78 is 5.02. The molecule has 3 heteroatoms. The van der Waals surface area contributed by atoms with E-state index in [1.807, 2.05) is 23.7 Å². The second-order valence-electron chi connectivity index (χ2n) is 14.3. The maximum Gasteiger partial charge on any atom is 0.0725 e. The van der Waals surface area contributed by atoms with Gasteiger partial charge in [0.25, 0.3) is 0 Å². The van der Waals surface area contributed by atoms with Gasteiger partial charge in [0.05, 0.1) is 16.4 Å². The Morgan fingerprint density at radius 3 is 2.11 bits per heavy atom. The lowest BCUT2D eigenvalue weighted by atomic mass is 9.65. The van der Waals surface area contributed by atoms with Gasteiger partial charge in [0.1, 0.15) is 0 Å². The first-order valence-corrected chi connectivity index (χ1v) is 19.0. The quantitative estimate of drug-likeness (QED) is 0.177. The van der Waals surface area contributed by atoms with Crippen LogP contribution in [0.4, 0.5) is 0 Å². The van der Waals surface area contributed by atoms with Gasteiger partial charge in [-0.25, -0.2) is 0 Å². The summed E-state index contributed by atoms with van der Waals surface area (Å²) in [5, 5.41) is 5.01. The summed E-state index contributed by atoms with van der Waals surface area (Å²) in [5.74, 6) is 0. The molecule has 53 heavy (non-hydrogen) atoms. The number of fused-ring (bicyclic) bond motifs is 15. The van der Waals surface area contributed by atoms with Crippen molar-refractivity contribution in [2.45, 2.75) is 5.41 Å². The lowest BCUT2D eigenvalue weighted by Gasteiger charge is -2.35. The molecule has 12 rings (SSSR count). The van der Waals surface area contributed by atoms with Crippen LogP contribution >= 0.6 is 11.3 Å². The molecule has 0 saturated heterocycles. The maximum absolute atomic E-state index is 4.57. The van der Waals surface area contributed by atoms with Crippen molar-refractivity contribution in [3.05, 3.63) is 203 Å². The summed E-state index contributed by atoms with van der Waals surface area (Å²) in [6.45, 7) is 0. The van der Waals surface area contributed by atoms with E-state index in [2.05, 4.69) is 179 Å². The van der Waals surface area contributed by atoms with Gasteiger partial charge in [-0.15, -0.1) is 11.3 Å². The molecule has 0 bridgehead atoms. The Bertz CT molecular complexity index is 3180.